The van der Waals surface area contributed by atoms with Gasteiger partial charge in [-0.25, -0.2) is 4.79 Å². The molecule has 148 valence electrons. The van der Waals surface area contributed by atoms with E-state index >= 15 is 0 Å². The van der Waals surface area contributed by atoms with Gasteiger partial charge in [0.2, 0.25) is 0 Å². The topological polar surface area (TPSA) is 43.8 Å². The Bertz CT molecular complexity index is 784. The van der Waals surface area contributed by atoms with Gasteiger partial charge in [0.15, 0.2) is 0 Å². The van der Waals surface area contributed by atoms with E-state index in [0.717, 1.165) is 49.3 Å². The van der Waals surface area contributed by atoms with E-state index in [1.165, 1.54) is 31.4 Å². The fourth-order valence-corrected chi connectivity index (χ4v) is 4.62. The maximum absolute atomic E-state index is 11.0. The number of hydrogen-bond acceptors (Lipinski definition) is 3. The van der Waals surface area contributed by atoms with Crippen LogP contribution in [0.4, 0.5) is 5.69 Å². The molecule has 1 aliphatic carbocycles. The average Bonchev–Trinajstić information content (AvgIpc) is 2.75. The molecule has 2 aliphatic rings. The van der Waals surface area contributed by atoms with Crippen LogP contribution in [0, 0.1) is 5.92 Å². The van der Waals surface area contributed by atoms with E-state index in [-0.39, 0.29) is 0 Å². The quantitative estimate of drug-likeness (QED) is 0.834. The summed E-state index contributed by atoms with van der Waals surface area (Å²) in [5.41, 5.74) is 3.78. The van der Waals surface area contributed by atoms with Crippen molar-refractivity contribution >= 4 is 11.7 Å². The molecule has 0 amide bonds. The Morgan fingerprint density at radius 3 is 1.89 bits per heavy atom. The van der Waals surface area contributed by atoms with E-state index in [1.54, 1.807) is 12.1 Å². The van der Waals surface area contributed by atoms with Crippen molar-refractivity contribution in [2.75, 3.05) is 31.1 Å². The molecule has 1 N–H and O–H groups in total. The number of carboxylic acids is 1. The molecule has 0 spiro atoms. The second-order valence-electron chi connectivity index (χ2n) is 8.37. The molecule has 1 saturated heterocycles. The molecular formula is C24H30N2O2. The van der Waals surface area contributed by atoms with Gasteiger partial charge in [-0.15, -0.1) is 0 Å². The number of hydrogen-bond donors (Lipinski definition) is 1. The minimum absolute atomic E-state index is 0.325. The molecule has 2 aromatic carbocycles. The monoisotopic (exact) mass is 378 g/mol. The van der Waals surface area contributed by atoms with Gasteiger partial charge in [-0.05, 0) is 67.0 Å². The van der Waals surface area contributed by atoms with Crippen molar-refractivity contribution in [3.8, 4) is 11.1 Å². The third-order valence-electron chi connectivity index (χ3n) is 6.51. The van der Waals surface area contributed by atoms with Crippen LogP contribution in [0.1, 0.15) is 43.0 Å². The van der Waals surface area contributed by atoms with Crippen LogP contribution in [0.3, 0.4) is 0 Å². The molecule has 4 nitrogen and oxygen atoms in total. The van der Waals surface area contributed by atoms with Gasteiger partial charge in [0.25, 0.3) is 0 Å². The van der Waals surface area contributed by atoms with Crippen molar-refractivity contribution < 1.29 is 9.90 Å². The third kappa shape index (κ3) is 4.22. The van der Waals surface area contributed by atoms with Crippen LogP contribution in [0.5, 0.6) is 0 Å². The summed E-state index contributed by atoms with van der Waals surface area (Å²) in [4.78, 5) is 16.2. The first kappa shape index (κ1) is 19.0. The Balaban J connectivity index is 1.35. The van der Waals surface area contributed by atoms with E-state index in [2.05, 4.69) is 41.0 Å². The smallest absolute Gasteiger partial charge is 0.335 e. The van der Waals surface area contributed by atoms with Crippen LogP contribution < -0.4 is 4.90 Å². The van der Waals surface area contributed by atoms with Gasteiger partial charge >= 0.3 is 5.97 Å². The summed E-state index contributed by atoms with van der Waals surface area (Å²) < 4.78 is 0. The SMILES string of the molecule is C[C@H]1CC[C@H](N2CCN(c3ccc(-c4ccc(C(=O)O)cc4)cc3)CC2)CC1. The zero-order chi connectivity index (χ0) is 19.5. The molecular weight excluding hydrogens is 348 g/mol. The van der Waals surface area contributed by atoms with Crippen LogP contribution in [-0.2, 0) is 0 Å². The highest BCUT2D eigenvalue weighted by Gasteiger charge is 2.27. The maximum Gasteiger partial charge on any atom is 0.335 e. The first-order valence-corrected chi connectivity index (χ1v) is 10.5. The second kappa shape index (κ2) is 8.36. The van der Waals surface area contributed by atoms with Crippen molar-refractivity contribution in [2.45, 2.75) is 38.6 Å². The highest BCUT2D eigenvalue weighted by molar-refractivity contribution is 5.88. The lowest BCUT2D eigenvalue weighted by Gasteiger charge is -2.42. The van der Waals surface area contributed by atoms with Gasteiger partial charge in [0.05, 0.1) is 5.56 Å². The largest absolute Gasteiger partial charge is 0.478 e. The summed E-state index contributed by atoms with van der Waals surface area (Å²) in [5.74, 6) is 0.0279. The number of carboxylic acid groups (broad SMARTS) is 1. The fourth-order valence-electron chi connectivity index (χ4n) is 4.62. The van der Waals surface area contributed by atoms with Gasteiger partial charge < -0.3 is 10.0 Å². The summed E-state index contributed by atoms with van der Waals surface area (Å²) in [6, 6.07) is 16.5. The van der Waals surface area contributed by atoms with Crippen LogP contribution in [0.2, 0.25) is 0 Å². The molecule has 1 aliphatic heterocycles. The van der Waals surface area contributed by atoms with E-state index in [1.807, 2.05) is 12.1 Å². The highest BCUT2D eigenvalue weighted by atomic mass is 16.4. The summed E-state index contributed by atoms with van der Waals surface area (Å²) in [5, 5.41) is 9.03. The molecule has 28 heavy (non-hydrogen) atoms. The van der Waals surface area contributed by atoms with Gasteiger partial charge in [-0.3, -0.25) is 4.90 Å². The Labute approximate surface area is 167 Å². The summed E-state index contributed by atoms with van der Waals surface area (Å²) in [6.07, 6.45) is 5.52. The summed E-state index contributed by atoms with van der Waals surface area (Å²) in [6.45, 7) is 6.91. The van der Waals surface area contributed by atoms with Crippen LogP contribution in [-0.4, -0.2) is 48.2 Å². The lowest BCUT2D eigenvalue weighted by Crippen LogP contribution is -2.51. The number of carbonyl (C=O) groups is 1. The number of rotatable bonds is 4. The van der Waals surface area contributed by atoms with Crippen LogP contribution >= 0.6 is 0 Å². The van der Waals surface area contributed by atoms with Gasteiger partial charge in [0, 0.05) is 37.9 Å². The predicted octanol–water partition coefficient (Wildman–Crippen LogP) is 4.75. The Morgan fingerprint density at radius 1 is 0.821 bits per heavy atom. The first-order chi connectivity index (χ1) is 13.6. The maximum atomic E-state index is 11.0. The van der Waals surface area contributed by atoms with Crippen molar-refractivity contribution in [3.05, 3.63) is 54.1 Å². The zero-order valence-electron chi connectivity index (χ0n) is 16.7. The van der Waals surface area contributed by atoms with E-state index in [0.29, 0.717) is 5.56 Å². The molecule has 0 radical (unpaired) electrons. The molecule has 0 atom stereocenters. The average molecular weight is 379 g/mol. The van der Waals surface area contributed by atoms with Gasteiger partial charge in [-0.2, -0.15) is 0 Å². The minimum atomic E-state index is -0.885. The predicted molar refractivity (Wildman–Crippen MR) is 114 cm³/mol. The summed E-state index contributed by atoms with van der Waals surface area (Å²) >= 11 is 0. The zero-order valence-corrected chi connectivity index (χ0v) is 16.7. The Hall–Kier alpha value is -2.33. The molecule has 0 unspecified atom stereocenters. The number of anilines is 1. The number of piperazine rings is 1. The number of benzene rings is 2. The van der Waals surface area contributed by atoms with Crippen molar-refractivity contribution in [1.82, 2.24) is 4.90 Å². The van der Waals surface area contributed by atoms with Crippen molar-refractivity contribution in [3.63, 3.8) is 0 Å². The lowest BCUT2D eigenvalue weighted by atomic mass is 9.86. The molecule has 0 aromatic heterocycles. The van der Waals surface area contributed by atoms with Crippen molar-refractivity contribution in [1.29, 1.82) is 0 Å². The Kier molecular flexibility index (Phi) is 5.67. The third-order valence-corrected chi connectivity index (χ3v) is 6.51. The lowest BCUT2D eigenvalue weighted by molar-refractivity contribution is 0.0697. The molecule has 1 heterocycles. The first-order valence-electron chi connectivity index (χ1n) is 10.5. The van der Waals surface area contributed by atoms with E-state index in [4.69, 9.17) is 5.11 Å². The molecule has 1 saturated carbocycles. The van der Waals surface area contributed by atoms with Crippen molar-refractivity contribution in [2.24, 2.45) is 5.92 Å². The highest BCUT2D eigenvalue weighted by Crippen LogP contribution is 2.29. The second-order valence-corrected chi connectivity index (χ2v) is 8.37. The minimum Gasteiger partial charge on any atom is -0.478 e. The molecule has 2 aromatic rings. The molecule has 2 fully saturated rings. The van der Waals surface area contributed by atoms with E-state index in [9.17, 15) is 4.79 Å². The normalized spacial score (nSPS) is 23.5. The van der Waals surface area contributed by atoms with E-state index < -0.39 is 5.97 Å². The Morgan fingerprint density at radius 2 is 1.36 bits per heavy atom. The number of nitrogens with zero attached hydrogens (tertiary/aromatic N) is 2. The fraction of sp³-hybridized carbons (Fsp3) is 0.458. The summed E-state index contributed by atoms with van der Waals surface area (Å²) in [7, 11) is 0. The molecule has 4 heteroatoms. The van der Waals surface area contributed by atoms with Gasteiger partial charge in [0.1, 0.15) is 0 Å². The van der Waals surface area contributed by atoms with Crippen LogP contribution in [0.25, 0.3) is 11.1 Å². The molecule has 0 bridgehead atoms. The number of aromatic carboxylic acids is 1. The molecule has 4 rings (SSSR count). The standard InChI is InChI=1S/C24H30N2O2/c1-18-2-10-22(11-3-18)25-14-16-26(17-15-25)23-12-8-20(9-13-23)19-4-6-21(7-5-19)24(27)28/h4-9,12-13,18,22H,2-3,10-11,14-17H2,1H3,(H,27,28)/t18-,22-. The van der Waals surface area contributed by atoms with Gasteiger partial charge in [-0.1, -0.05) is 31.2 Å². The van der Waals surface area contributed by atoms with Crippen LogP contribution in [0.15, 0.2) is 48.5 Å².